The Labute approximate surface area is 236 Å². The normalized spacial score (nSPS) is 33.4. The topological polar surface area (TPSA) is 249 Å². The molecular weight excluding hydrogens is 564 g/mol. The van der Waals surface area contributed by atoms with Gasteiger partial charge in [-0.2, -0.15) is 0 Å². The minimum Gasteiger partial charge on any atom is -0.507 e. The van der Waals surface area contributed by atoms with Crippen LogP contribution in [0.4, 0.5) is 0 Å². The lowest BCUT2D eigenvalue weighted by molar-refractivity contribution is -0.268. The van der Waals surface area contributed by atoms with Crippen LogP contribution in [0, 0.1) is 0 Å². The van der Waals surface area contributed by atoms with Gasteiger partial charge in [0.2, 0.25) is 23.8 Å². The standard InChI is InChI=1S/C27H30O15/c1-8-17(31)20(34)22(36)26(38-8)40-11-6-14(30)16-15(7-11)41-24(10-3-4-12(28)13(29)5-10)25(19(16)33)42-27-23(37)21(35)18(32)9(2)39-27/h3-9,17-18,20-23,26-32,34-37H,1-2H3/t8-,9-,17-,18-,20-,21-,22-,23-,26+,27-/m0/s1. The second-order valence-electron chi connectivity index (χ2n) is 10.2. The first-order valence-corrected chi connectivity index (χ1v) is 12.9. The molecule has 15 heteroatoms. The van der Waals surface area contributed by atoms with E-state index in [0.717, 1.165) is 24.3 Å². The molecule has 0 spiro atoms. The molecule has 228 valence electrons. The van der Waals surface area contributed by atoms with Crippen molar-refractivity contribution in [2.45, 2.75) is 75.3 Å². The van der Waals surface area contributed by atoms with Crippen molar-refractivity contribution in [2.24, 2.45) is 0 Å². The number of rotatable bonds is 5. The molecular formula is C27H30O15. The number of aromatic hydroxyl groups is 3. The van der Waals surface area contributed by atoms with E-state index >= 15 is 0 Å². The Morgan fingerprint density at radius 3 is 1.81 bits per heavy atom. The number of benzene rings is 2. The minimum atomic E-state index is -1.81. The van der Waals surface area contributed by atoms with E-state index in [-0.39, 0.29) is 22.7 Å². The number of hydrogen-bond donors (Lipinski definition) is 9. The van der Waals surface area contributed by atoms with Crippen molar-refractivity contribution in [1.82, 2.24) is 0 Å². The van der Waals surface area contributed by atoms with Crippen molar-refractivity contribution < 1.29 is 69.3 Å². The molecule has 3 aromatic rings. The molecule has 0 unspecified atom stereocenters. The van der Waals surface area contributed by atoms with Crippen LogP contribution in [-0.4, -0.2) is 107 Å². The first kappa shape index (κ1) is 29.8. The van der Waals surface area contributed by atoms with Gasteiger partial charge in [-0.15, -0.1) is 0 Å². The Balaban J connectivity index is 1.61. The predicted octanol–water partition coefficient (Wildman–Crippen LogP) is -1.01. The Bertz CT molecular complexity index is 1520. The van der Waals surface area contributed by atoms with Gasteiger partial charge in [-0.25, -0.2) is 0 Å². The number of fused-ring (bicyclic) bond motifs is 1. The molecule has 0 saturated carbocycles. The summed E-state index contributed by atoms with van der Waals surface area (Å²) >= 11 is 0. The molecule has 0 radical (unpaired) electrons. The summed E-state index contributed by atoms with van der Waals surface area (Å²) in [7, 11) is 0. The van der Waals surface area contributed by atoms with Crippen LogP contribution in [0.25, 0.3) is 22.3 Å². The Kier molecular flexibility index (Phi) is 7.95. The number of hydrogen-bond acceptors (Lipinski definition) is 15. The molecule has 2 aliphatic heterocycles. The summed E-state index contributed by atoms with van der Waals surface area (Å²) in [6.45, 7) is 2.85. The van der Waals surface area contributed by atoms with Gasteiger partial charge in [0, 0.05) is 17.7 Å². The molecule has 0 bridgehead atoms. The zero-order valence-corrected chi connectivity index (χ0v) is 22.1. The fourth-order valence-corrected chi connectivity index (χ4v) is 4.76. The summed E-state index contributed by atoms with van der Waals surface area (Å²) in [4.78, 5) is 13.7. The van der Waals surface area contributed by atoms with Gasteiger partial charge >= 0.3 is 0 Å². The van der Waals surface area contributed by atoms with Gasteiger partial charge in [0.25, 0.3) is 0 Å². The third-order valence-electron chi connectivity index (χ3n) is 7.25. The summed E-state index contributed by atoms with van der Waals surface area (Å²) in [5, 5.41) is 91.2. The third-order valence-corrected chi connectivity index (χ3v) is 7.25. The molecule has 42 heavy (non-hydrogen) atoms. The molecule has 2 fully saturated rings. The molecule has 3 heterocycles. The summed E-state index contributed by atoms with van der Waals surface area (Å²) in [6, 6.07) is 5.59. The first-order chi connectivity index (χ1) is 19.8. The quantitative estimate of drug-likeness (QED) is 0.161. The Morgan fingerprint density at radius 1 is 0.667 bits per heavy atom. The first-order valence-electron chi connectivity index (χ1n) is 12.9. The fourth-order valence-electron chi connectivity index (χ4n) is 4.76. The number of phenolic OH excluding ortho intramolecular Hbond substituents is 3. The highest BCUT2D eigenvalue weighted by Crippen LogP contribution is 2.40. The zero-order chi connectivity index (χ0) is 30.6. The van der Waals surface area contributed by atoms with Crippen LogP contribution in [0.3, 0.4) is 0 Å². The van der Waals surface area contributed by atoms with E-state index in [1.54, 1.807) is 0 Å². The smallest absolute Gasteiger partial charge is 0.239 e. The second-order valence-corrected chi connectivity index (χ2v) is 10.2. The maximum Gasteiger partial charge on any atom is 0.239 e. The number of aliphatic hydroxyl groups is 6. The summed E-state index contributed by atoms with van der Waals surface area (Å²) in [6.07, 6.45) is -14.7. The van der Waals surface area contributed by atoms with Gasteiger partial charge in [0.1, 0.15) is 59.1 Å². The summed E-state index contributed by atoms with van der Waals surface area (Å²) in [5.41, 5.74) is -1.26. The van der Waals surface area contributed by atoms with Crippen molar-refractivity contribution in [1.29, 1.82) is 0 Å². The molecule has 1 aromatic heterocycles. The average Bonchev–Trinajstić information content (AvgIpc) is 2.94. The third kappa shape index (κ3) is 5.21. The van der Waals surface area contributed by atoms with Crippen molar-refractivity contribution in [3.8, 4) is 40.1 Å². The van der Waals surface area contributed by atoms with Crippen molar-refractivity contribution in [3.05, 3.63) is 40.6 Å². The van der Waals surface area contributed by atoms with Crippen LogP contribution in [0.15, 0.2) is 39.5 Å². The van der Waals surface area contributed by atoms with E-state index in [1.165, 1.54) is 19.9 Å². The molecule has 9 N–H and O–H groups in total. The van der Waals surface area contributed by atoms with Gasteiger partial charge in [0.05, 0.1) is 12.2 Å². The van der Waals surface area contributed by atoms with Crippen molar-refractivity contribution in [3.63, 3.8) is 0 Å². The Morgan fingerprint density at radius 2 is 1.24 bits per heavy atom. The van der Waals surface area contributed by atoms with Crippen LogP contribution >= 0.6 is 0 Å². The monoisotopic (exact) mass is 594 g/mol. The van der Waals surface area contributed by atoms with E-state index in [0.29, 0.717) is 0 Å². The Hall–Kier alpha value is -3.67. The highest BCUT2D eigenvalue weighted by Gasteiger charge is 2.45. The highest BCUT2D eigenvalue weighted by atomic mass is 16.7. The fraction of sp³-hybridized carbons (Fsp3) is 0.444. The van der Waals surface area contributed by atoms with Gasteiger partial charge in [-0.05, 0) is 32.0 Å². The van der Waals surface area contributed by atoms with Crippen LogP contribution in [0.5, 0.6) is 28.7 Å². The molecule has 5 rings (SSSR count). The summed E-state index contributed by atoms with van der Waals surface area (Å²) in [5.74, 6) is -2.89. The maximum absolute atomic E-state index is 13.7. The van der Waals surface area contributed by atoms with E-state index < -0.39 is 95.2 Å². The van der Waals surface area contributed by atoms with Gasteiger partial charge < -0.3 is 69.3 Å². The van der Waals surface area contributed by atoms with Crippen molar-refractivity contribution >= 4 is 11.0 Å². The summed E-state index contributed by atoms with van der Waals surface area (Å²) < 4.78 is 28.0. The SMILES string of the molecule is C[C@@H]1O[C@@H](Oc2c(-c3ccc(O)c(O)c3)oc3cc(O[C@H]4O[C@@H](C)[C@H](O)[C@H](O)[C@@H]4O)cc(O)c3c2=O)[C@@H](O)[C@@H](O)[C@H]1O. The van der Waals surface area contributed by atoms with Gasteiger partial charge in [0.15, 0.2) is 17.3 Å². The largest absolute Gasteiger partial charge is 0.507 e. The van der Waals surface area contributed by atoms with E-state index in [2.05, 4.69) is 0 Å². The van der Waals surface area contributed by atoms with Gasteiger partial charge in [-0.1, -0.05) is 0 Å². The number of ether oxygens (including phenoxy) is 4. The molecule has 15 nitrogen and oxygen atoms in total. The van der Waals surface area contributed by atoms with Crippen LogP contribution in [0.1, 0.15) is 13.8 Å². The molecule has 0 amide bonds. The second kappa shape index (κ2) is 11.2. The molecule has 10 atom stereocenters. The van der Waals surface area contributed by atoms with Crippen LogP contribution < -0.4 is 14.9 Å². The van der Waals surface area contributed by atoms with Crippen molar-refractivity contribution in [2.75, 3.05) is 0 Å². The lowest BCUT2D eigenvalue weighted by Gasteiger charge is -2.39. The van der Waals surface area contributed by atoms with Crippen LogP contribution in [0.2, 0.25) is 0 Å². The predicted molar refractivity (Wildman–Crippen MR) is 139 cm³/mol. The maximum atomic E-state index is 13.7. The van der Waals surface area contributed by atoms with Gasteiger partial charge in [-0.3, -0.25) is 4.79 Å². The van der Waals surface area contributed by atoms with Crippen LogP contribution in [-0.2, 0) is 9.47 Å². The average molecular weight is 595 g/mol. The lowest BCUT2D eigenvalue weighted by atomic mass is 10.00. The minimum absolute atomic E-state index is 0.000938. The molecule has 0 aliphatic carbocycles. The molecule has 2 aliphatic rings. The van der Waals surface area contributed by atoms with E-state index in [4.69, 9.17) is 23.4 Å². The van der Waals surface area contributed by atoms with E-state index in [1.807, 2.05) is 0 Å². The van der Waals surface area contributed by atoms with E-state index in [9.17, 15) is 50.8 Å². The zero-order valence-electron chi connectivity index (χ0n) is 22.1. The molecule has 2 saturated heterocycles. The number of aliphatic hydroxyl groups excluding tert-OH is 6. The number of phenols is 3. The molecule has 2 aromatic carbocycles. The lowest BCUT2D eigenvalue weighted by Crippen LogP contribution is -2.58. The highest BCUT2D eigenvalue weighted by molar-refractivity contribution is 5.88.